The zero-order valence-electron chi connectivity index (χ0n) is 10.8. The van der Waals surface area contributed by atoms with Crippen LogP contribution in [-0.2, 0) is 4.74 Å². The van der Waals surface area contributed by atoms with Crippen molar-refractivity contribution in [2.24, 2.45) is 0 Å². The van der Waals surface area contributed by atoms with Crippen LogP contribution in [0.5, 0.6) is 0 Å². The number of carbonyl (C=O) groups excluding carboxylic acids is 1. The van der Waals surface area contributed by atoms with Crippen molar-refractivity contribution < 1.29 is 9.53 Å². The van der Waals surface area contributed by atoms with E-state index >= 15 is 0 Å². The third-order valence-corrected chi connectivity index (χ3v) is 2.47. The highest BCUT2D eigenvalue weighted by Crippen LogP contribution is 2.22. The van der Waals surface area contributed by atoms with Gasteiger partial charge in [-0.05, 0) is 13.8 Å². The molecule has 1 rings (SSSR count). The highest BCUT2D eigenvalue weighted by molar-refractivity contribution is 7.17. The summed E-state index contributed by atoms with van der Waals surface area (Å²) in [5.41, 5.74) is 0.628. The summed E-state index contributed by atoms with van der Waals surface area (Å²) >= 11 is 6.75. The SMILES string of the molecule is CC.CC.CCOC(=O)c1sc(Cl)nc1C. The number of rotatable bonds is 2. The number of hydrogen-bond acceptors (Lipinski definition) is 4. The standard InChI is InChI=1S/C7H8ClNO2S.2C2H6/c1-3-11-6(10)5-4(2)9-7(8)12-5;2*1-2/h3H2,1-2H3;2*1-2H3. The summed E-state index contributed by atoms with van der Waals surface area (Å²) in [5.74, 6) is -0.348. The van der Waals surface area contributed by atoms with E-state index < -0.39 is 0 Å². The van der Waals surface area contributed by atoms with Gasteiger partial charge in [0.1, 0.15) is 4.88 Å². The van der Waals surface area contributed by atoms with Gasteiger partial charge in [-0.2, -0.15) is 0 Å². The van der Waals surface area contributed by atoms with E-state index in [1.165, 1.54) is 0 Å². The second-order valence-corrected chi connectivity index (χ2v) is 3.68. The number of nitrogens with zero attached hydrogens (tertiary/aromatic N) is 1. The smallest absolute Gasteiger partial charge is 0.350 e. The van der Waals surface area contributed by atoms with Crippen LogP contribution in [0, 0.1) is 6.92 Å². The summed E-state index contributed by atoms with van der Waals surface area (Å²) < 4.78 is 5.17. The van der Waals surface area contributed by atoms with E-state index in [0.717, 1.165) is 11.3 Å². The summed E-state index contributed by atoms with van der Waals surface area (Å²) in [5, 5.41) is 0. The van der Waals surface area contributed by atoms with Crippen molar-refractivity contribution in [1.82, 2.24) is 4.98 Å². The van der Waals surface area contributed by atoms with Gasteiger partial charge >= 0.3 is 5.97 Å². The second-order valence-electron chi connectivity index (χ2n) is 2.10. The molecule has 0 aromatic carbocycles. The Morgan fingerprint density at radius 3 is 2.19 bits per heavy atom. The number of ether oxygens (including phenoxy) is 1. The molecule has 1 aromatic rings. The van der Waals surface area contributed by atoms with Crippen LogP contribution in [0.25, 0.3) is 0 Å². The molecule has 1 aromatic heterocycles. The summed E-state index contributed by atoms with van der Waals surface area (Å²) in [6, 6.07) is 0. The first-order valence-electron chi connectivity index (χ1n) is 5.45. The Morgan fingerprint density at radius 2 is 1.88 bits per heavy atom. The number of esters is 1. The first-order chi connectivity index (χ1) is 7.65. The number of aryl methyl sites for hydroxylation is 1. The summed E-state index contributed by atoms with van der Waals surface area (Å²) in [6.45, 7) is 11.9. The monoisotopic (exact) mass is 265 g/mol. The average Bonchev–Trinajstić information content (AvgIpc) is 2.64. The fourth-order valence-electron chi connectivity index (χ4n) is 0.750. The Kier molecular flexibility index (Phi) is 12.1. The van der Waals surface area contributed by atoms with Crippen molar-refractivity contribution in [3.63, 3.8) is 0 Å². The summed E-state index contributed by atoms with van der Waals surface area (Å²) in [4.78, 5) is 15.6. The summed E-state index contributed by atoms with van der Waals surface area (Å²) in [7, 11) is 0. The van der Waals surface area contributed by atoms with Gasteiger partial charge in [0.25, 0.3) is 0 Å². The Morgan fingerprint density at radius 1 is 1.38 bits per heavy atom. The quantitative estimate of drug-likeness (QED) is 0.747. The molecule has 0 saturated heterocycles. The highest BCUT2D eigenvalue weighted by Gasteiger charge is 2.14. The molecule has 0 spiro atoms. The van der Waals surface area contributed by atoms with Gasteiger partial charge in [0.15, 0.2) is 4.47 Å². The number of carbonyl (C=O) groups is 1. The van der Waals surface area contributed by atoms with Crippen LogP contribution in [0.15, 0.2) is 0 Å². The number of aromatic nitrogens is 1. The van der Waals surface area contributed by atoms with Crippen molar-refractivity contribution in [1.29, 1.82) is 0 Å². The molecule has 5 heteroatoms. The summed E-state index contributed by atoms with van der Waals surface area (Å²) in [6.07, 6.45) is 0. The Balaban J connectivity index is 0. The van der Waals surface area contributed by atoms with Gasteiger partial charge in [0.05, 0.1) is 12.3 Å². The van der Waals surface area contributed by atoms with Crippen LogP contribution in [0.2, 0.25) is 4.47 Å². The molecule has 0 N–H and O–H groups in total. The van der Waals surface area contributed by atoms with Crippen LogP contribution in [-0.4, -0.2) is 17.6 Å². The van der Waals surface area contributed by atoms with Crippen molar-refractivity contribution in [3.05, 3.63) is 15.0 Å². The van der Waals surface area contributed by atoms with Gasteiger partial charge in [-0.3, -0.25) is 0 Å². The van der Waals surface area contributed by atoms with E-state index in [1.807, 2.05) is 27.7 Å². The Hall–Kier alpha value is -0.610. The minimum absolute atomic E-state index is 0.348. The van der Waals surface area contributed by atoms with E-state index in [9.17, 15) is 4.79 Å². The number of thiazole rings is 1. The third-order valence-electron chi connectivity index (χ3n) is 1.23. The van der Waals surface area contributed by atoms with Crippen LogP contribution in [0.4, 0.5) is 0 Å². The van der Waals surface area contributed by atoms with E-state index in [-0.39, 0.29) is 5.97 Å². The van der Waals surface area contributed by atoms with Gasteiger partial charge in [0, 0.05) is 0 Å². The molecular formula is C11H20ClNO2S. The molecule has 0 aliphatic rings. The van der Waals surface area contributed by atoms with Crippen molar-refractivity contribution in [2.75, 3.05) is 6.61 Å². The maximum atomic E-state index is 11.2. The second kappa shape index (κ2) is 10.9. The van der Waals surface area contributed by atoms with E-state index in [4.69, 9.17) is 16.3 Å². The average molecular weight is 266 g/mol. The van der Waals surface area contributed by atoms with Crippen molar-refractivity contribution >= 4 is 28.9 Å². The first-order valence-corrected chi connectivity index (χ1v) is 6.64. The van der Waals surface area contributed by atoms with Crippen LogP contribution < -0.4 is 0 Å². The molecule has 0 unspecified atom stereocenters. The maximum absolute atomic E-state index is 11.2. The lowest BCUT2D eigenvalue weighted by atomic mass is 10.4. The van der Waals surface area contributed by atoms with Gasteiger partial charge in [-0.1, -0.05) is 50.6 Å². The molecule has 0 aliphatic heterocycles. The van der Waals surface area contributed by atoms with Gasteiger partial charge in [-0.15, -0.1) is 0 Å². The topological polar surface area (TPSA) is 39.2 Å². The normalized spacial score (nSPS) is 8.19. The molecule has 16 heavy (non-hydrogen) atoms. The zero-order valence-corrected chi connectivity index (χ0v) is 12.3. The predicted molar refractivity (Wildman–Crippen MR) is 70.5 cm³/mol. The fraction of sp³-hybridized carbons (Fsp3) is 0.636. The number of halogens is 1. The predicted octanol–water partition coefficient (Wildman–Crippen LogP) is 4.33. The molecule has 0 aliphatic carbocycles. The van der Waals surface area contributed by atoms with E-state index in [1.54, 1.807) is 13.8 Å². The lowest BCUT2D eigenvalue weighted by Crippen LogP contribution is -2.03. The van der Waals surface area contributed by atoms with Gasteiger partial charge < -0.3 is 4.74 Å². The molecule has 3 nitrogen and oxygen atoms in total. The molecular weight excluding hydrogens is 246 g/mol. The highest BCUT2D eigenvalue weighted by atomic mass is 35.5. The van der Waals surface area contributed by atoms with Crippen LogP contribution in [0.3, 0.4) is 0 Å². The van der Waals surface area contributed by atoms with Gasteiger partial charge in [0.2, 0.25) is 0 Å². The van der Waals surface area contributed by atoms with Crippen molar-refractivity contribution in [2.45, 2.75) is 41.5 Å². The molecule has 94 valence electrons. The Bertz CT molecular complexity index is 300. The van der Waals surface area contributed by atoms with Gasteiger partial charge in [-0.25, -0.2) is 9.78 Å². The minimum atomic E-state index is -0.348. The molecule has 1 heterocycles. The molecule has 0 radical (unpaired) electrons. The largest absolute Gasteiger partial charge is 0.462 e. The number of hydrogen-bond donors (Lipinski definition) is 0. The molecule has 0 bridgehead atoms. The lowest BCUT2D eigenvalue weighted by molar-refractivity contribution is 0.0531. The third kappa shape index (κ3) is 6.08. The molecule has 0 atom stereocenters. The van der Waals surface area contributed by atoms with E-state index in [0.29, 0.717) is 21.6 Å². The first kappa shape index (κ1) is 17.8. The van der Waals surface area contributed by atoms with Crippen molar-refractivity contribution in [3.8, 4) is 0 Å². The lowest BCUT2D eigenvalue weighted by Gasteiger charge is -1.97. The zero-order chi connectivity index (χ0) is 13.1. The van der Waals surface area contributed by atoms with E-state index in [2.05, 4.69) is 4.98 Å². The Labute approximate surface area is 107 Å². The fourth-order valence-corrected chi connectivity index (χ4v) is 1.79. The molecule has 0 saturated carbocycles. The molecule has 0 amide bonds. The molecule has 0 fully saturated rings. The van der Waals surface area contributed by atoms with Crippen LogP contribution >= 0.6 is 22.9 Å². The minimum Gasteiger partial charge on any atom is -0.462 e. The van der Waals surface area contributed by atoms with Crippen LogP contribution in [0.1, 0.15) is 50.0 Å². The maximum Gasteiger partial charge on any atom is 0.350 e.